The van der Waals surface area contributed by atoms with E-state index in [9.17, 15) is 9.59 Å². The monoisotopic (exact) mass is 1030 g/mol. The number of ether oxygens (including phenoxy) is 2. The van der Waals surface area contributed by atoms with Crippen LogP contribution < -0.4 is 20.1 Å². The van der Waals surface area contributed by atoms with Crippen LogP contribution in [0, 0.1) is 0 Å². The van der Waals surface area contributed by atoms with Crippen molar-refractivity contribution in [2.75, 3.05) is 26.3 Å². The fourth-order valence-electron chi connectivity index (χ4n) is 9.67. The molecule has 0 radical (unpaired) electrons. The SMILES string of the molecule is O=C(CCCCCCCCCCOc1ccc(-c2nc(-c3ccccc3)c(-c3ccccc3)[nH]2)cc1)NCCCNC(=O)CCCCCCCCCCOc1ccc(-c2nc(-c3ccccc3)c(-c3ccccc3)[nH]2)cc1. The van der Waals surface area contributed by atoms with Gasteiger partial charge in [0.2, 0.25) is 11.8 Å². The summed E-state index contributed by atoms with van der Waals surface area (Å²) in [6.45, 7) is 2.62. The highest BCUT2D eigenvalue weighted by Crippen LogP contribution is 2.35. The zero-order valence-corrected chi connectivity index (χ0v) is 45.0. The Bertz CT molecular complexity index is 2610. The van der Waals surface area contributed by atoms with Gasteiger partial charge >= 0.3 is 0 Å². The molecule has 77 heavy (non-hydrogen) atoms. The molecule has 10 heteroatoms. The number of imidazole rings is 2. The van der Waals surface area contributed by atoms with Crippen LogP contribution in [0.3, 0.4) is 0 Å². The Morgan fingerprint density at radius 1 is 0.338 bits per heavy atom. The Kier molecular flexibility index (Phi) is 22.6. The van der Waals surface area contributed by atoms with Crippen molar-refractivity contribution in [3.05, 3.63) is 170 Å². The van der Waals surface area contributed by atoms with Crippen LogP contribution in [-0.4, -0.2) is 58.1 Å². The number of benzene rings is 6. The van der Waals surface area contributed by atoms with E-state index in [1.165, 1.54) is 38.5 Å². The van der Waals surface area contributed by atoms with E-state index in [0.717, 1.165) is 150 Å². The van der Waals surface area contributed by atoms with Crippen molar-refractivity contribution in [1.29, 1.82) is 0 Å². The molecule has 8 rings (SSSR count). The molecule has 400 valence electrons. The molecule has 2 heterocycles. The summed E-state index contributed by atoms with van der Waals surface area (Å²) in [6.07, 6.45) is 19.8. The number of hydrogen-bond donors (Lipinski definition) is 4. The summed E-state index contributed by atoms with van der Waals surface area (Å²) in [5, 5.41) is 6.04. The predicted molar refractivity (Wildman–Crippen MR) is 315 cm³/mol. The second kappa shape index (κ2) is 31.4. The third-order valence-electron chi connectivity index (χ3n) is 14.0. The van der Waals surface area contributed by atoms with E-state index < -0.39 is 0 Å². The Hall–Kier alpha value is -7.72. The number of hydrogen-bond acceptors (Lipinski definition) is 6. The Morgan fingerprint density at radius 3 is 1.00 bits per heavy atom. The average molecular weight is 1030 g/mol. The summed E-state index contributed by atoms with van der Waals surface area (Å²) < 4.78 is 12.1. The van der Waals surface area contributed by atoms with Crippen molar-refractivity contribution < 1.29 is 19.1 Å². The molecule has 10 nitrogen and oxygen atoms in total. The molecular weight excluding hydrogens is 953 g/mol. The Morgan fingerprint density at radius 2 is 0.649 bits per heavy atom. The number of nitrogens with zero attached hydrogens (tertiary/aromatic N) is 2. The molecule has 0 fully saturated rings. The van der Waals surface area contributed by atoms with Crippen LogP contribution in [0.1, 0.15) is 122 Å². The molecule has 0 aliphatic carbocycles. The van der Waals surface area contributed by atoms with Gasteiger partial charge in [-0.25, -0.2) is 9.97 Å². The van der Waals surface area contributed by atoms with Gasteiger partial charge in [-0.1, -0.05) is 198 Å². The second-order valence-corrected chi connectivity index (χ2v) is 20.0. The van der Waals surface area contributed by atoms with Crippen molar-refractivity contribution >= 4 is 11.8 Å². The van der Waals surface area contributed by atoms with E-state index in [2.05, 4.69) is 118 Å². The van der Waals surface area contributed by atoms with Crippen LogP contribution in [0.25, 0.3) is 67.8 Å². The molecule has 2 aromatic heterocycles. The van der Waals surface area contributed by atoms with Crippen molar-refractivity contribution in [2.45, 2.75) is 122 Å². The van der Waals surface area contributed by atoms with Gasteiger partial charge in [-0.15, -0.1) is 0 Å². The lowest BCUT2D eigenvalue weighted by atomic mass is 10.1. The maximum atomic E-state index is 12.3. The molecule has 0 unspecified atom stereocenters. The van der Waals surface area contributed by atoms with Crippen LogP contribution in [-0.2, 0) is 9.59 Å². The van der Waals surface area contributed by atoms with Gasteiger partial charge in [0.15, 0.2) is 0 Å². The zero-order valence-electron chi connectivity index (χ0n) is 45.0. The van der Waals surface area contributed by atoms with E-state index in [1.54, 1.807) is 0 Å². The first-order chi connectivity index (χ1) is 38.1. The van der Waals surface area contributed by atoms with Crippen molar-refractivity contribution in [3.8, 4) is 79.3 Å². The first-order valence-corrected chi connectivity index (χ1v) is 28.5. The molecule has 0 aliphatic rings. The van der Waals surface area contributed by atoms with Crippen LogP contribution in [0.5, 0.6) is 11.5 Å². The topological polar surface area (TPSA) is 134 Å². The van der Waals surface area contributed by atoms with E-state index in [1.807, 2.05) is 72.8 Å². The standard InChI is InChI=1S/C67H78N6O4/c74-60(38-25-9-5-1-3-7-11-27-50-76-58-44-40-56(41-45-58)66-70-62(52-30-17-13-18-31-52)63(71-66)53-32-19-14-20-33-53)68-48-29-49-69-61(75)39-26-10-6-2-4-8-12-28-51-77-59-46-42-57(43-47-59)67-72-64(54-34-21-15-22-35-54)65(73-67)55-36-23-16-24-37-55/h13-24,30-37,40-47H,1-12,25-29,38-39,48-51H2,(H,68,74)(H,69,75)(H,70,71)(H,72,73). The molecule has 4 N–H and O–H groups in total. The minimum atomic E-state index is 0.110. The van der Waals surface area contributed by atoms with Crippen LogP contribution in [0.15, 0.2) is 170 Å². The van der Waals surface area contributed by atoms with E-state index in [0.29, 0.717) is 39.1 Å². The smallest absolute Gasteiger partial charge is 0.219 e. The van der Waals surface area contributed by atoms with Crippen LogP contribution in [0.2, 0.25) is 0 Å². The number of aromatic amines is 2. The van der Waals surface area contributed by atoms with Gasteiger partial charge in [0.25, 0.3) is 0 Å². The third kappa shape index (κ3) is 18.2. The number of carbonyl (C=O) groups excluding carboxylic acids is 2. The highest BCUT2D eigenvalue weighted by molar-refractivity contribution is 5.83. The molecule has 0 saturated heterocycles. The molecule has 0 saturated carbocycles. The Labute approximate surface area is 456 Å². The number of nitrogens with one attached hydrogen (secondary N) is 4. The van der Waals surface area contributed by atoms with Gasteiger partial charge in [-0.2, -0.15) is 0 Å². The van der Waals surface area contributed by atoms with Gasteiger partial charge < -0.3 is 30.1 Å². The quantitative estimate of drug-likeness (QED) is 0.0297. The second-order valence-electron chi connectivity index (χ2n) is 20.0. The van der Waals surface area contributed by atoms with Gasteiger partial charge in [0.05, 0.1) is 36.0 Å². The van der Waals surface area contributed by atoms with E-state index in [-0.39, 0.29) is 11.8 Å². The van der Waals surface area contributed by atoms with E-state index in [4.69, 9.17) is 19.4 Å². The minimum Gasteiger partial charge on any atom is -0.494 e. The number of unbranched alkanes of at least 4 members (excludes halogenated alkanes) is 14. The fourth-order valence-corrected chi connectivity index (χ4v) is 9.67. The lowest BCUT2D eigenvalue weighted by molar-refractivity contribution is -0.121. The molecule has 0 bridgehead atoms. The van der Waals surface area contributed by atoms with Crippen molar-refractivity contribution in [3.63, 3.8) is 0 Å². The van der Waals surface area contributed by atoms with Gasteiger partial charge in [-0.05, 0) is 80.6 Å². The molecule has 6 aromatic carbocycles. The van der Waals surface area contributed by atoms with Crippen molar-refractivity contribution in [1.82, 2.24) is 30.6 Å². The van der Waals surface area contributed by atoms with Gasteiger partial charge in [-0.3, -0.25) is 9.59 Å². The third-order valence-corrected chi connectivity index (χ3v) is 14.0. The first-order valence-electron chi connectivity index (χ1n) is 28.5. The molecule has 0 aliphatic heterocycles. The molecule has 8 aromatic rings. The summed E-state index contributed by atoms with van der Waals surface area (Å²) in [6, 6.07) is 57.7. The highest BCUT2D eigenvalue weighted by atomic mass is 16.5. The zero-order chi connectivity index (χ0) is 53.0. The largest absolute Gasteiger partial charge is 0.494 e. The van der Waals surface area contributed by atoms with Crippen LogP contribution >= 0.6 is 0 Å². The fraction of sp³-hybridized carbons (Fsp3) is 0.343. The number of amides is 2. The summed E-state index contributed by atoms with van der Waals surface area (Å²) in [5.74, 6) is 3.65. The average Bonchev–Trinajstić information content (AvgIpc) is 4.15. The number of aromatic nitrogens is 4. The predicted octanol–water partition coefficient (Wildman–Crippen LogP) is 16.2. The highest BCUT2D eigenvalue weighted by Gasteiger charge is 2.17. The summed E-state index contributed by atoms with van der Waals surface area (Å²) in [7, 11) is 0. The number of carbonyl (C=O) groups is 2. The number of rotatable bonds is 34. The maximum absolute atomic E-state index is 12.3. The molecular formula is C67H78N6O4. The summed E-state index contributed by atoms with van der Waals surface area (Å²) in [4.78, 5) is 41.9. The van der Waals surface area contributed by atoms with Crippen LogP contribution in [0.4, 0.5) is 0 Å². The summed E-state index contributed by atoms with van der Waals surface area (Å²) in [5.41, 5.74) is 10.3. The minimum absolute atomic E-state index is 0.110. The van der Waals surface area contributed by atoms with E-state index >= 15 is 0 Å². The molecule has 0 atom stereocenters. The normalized spacial score (nSPS) is 11.1. The lowest BCUT2D eigenvalue weighted by Crippen LogP contribution is -2.29. The summed E-state index contributed by atoms with van der Waals surface area (Å²) >= 11 is 0. The Balaban J connectivity index is 0.564. The first kappa shape index (κ1) is 55.5. The molecule has 2 amide bonds. The van der Waals surface area contributed by atoms with Gasteiger partial charge in [0, 0.05) is 59.3 Å². The maximum Gasteiger partial charge on any atom is 0.219 e. The molecule has 0 spiro atoms. The number of H-pyrrole nitrogens is 2. The van der Waals surface area contributed by atoms with Crippen molar-refractivity contribution in [2.24, 2.45) is 0 Å². The van der Waals surface area contributed by atoms with Gasteiger partial charge in [0.1, 0.15) is 23.1 Å². The lowest BCUT2D eigenvalue weighted by Gasteiger charge is -2.08.